The number of nitrogens with zero attached hydrogens (tertiary/aromatic N) is 2. The number of aromatic amines is 1. The predicted octanol–water partition coefficient (Wildman–Crippen LogP) is 2.09. The Hall–Kier alpha value is -2.15. The van der Waals surface area contributed by atoms with Gasteiger partial charge in [0.25, 0.3) is 0 Å². The minimum Gasteiger partial charge on any atom is -0.276 e. The summed E-state index contributed by atoms with van der Waals surface area (Å²) in [6.07, 6.45) is 0. The largest absolute Gasteiger partial charge is 0.276 e. The minimum absolute atomic E-state index is 0.253. The number of hydrogen-bond acceptors (Lipinski definition) is 2. The Balaban J connectivity index is 2.51. The maximum Gasteiger partial charge on any atom is 0.162 e. The lowest BCUT2D eigenvalue weighted by molar-refractivity contribution is 0.630. The van der Waals surface area contributed by atoms with Gasteiger partial charge in [-0.2, -0.15) is 10.4 Å². The quantitative estimate of drug-likeness (QED) is 0.743. The topological polar surface area (TPSA) is 52.5 Å². The highest BCUT2D eigenvalue weighted by Crippen LogP contribution is 2.20. The number of benzene rings is 1. The number of nitriles is 1. The molecule has 0 spiro atoms. The van der Waals surface area contributed by atoms with E-state index in [2.05, 4.69) is 10.2 Å². The molecule has 0 aliphatic carbocycles. The van der Waals surface area contributed by atoms with E-state index in [4.69, 9.17) is 5.26 Å². The number of H-pyrrole nitrogens is 1. The average molecular weight is 187 g/mol. The summed E-state index contributed by atoms with van der Waals surface area (Å²) in [5.74, 6) is -0.333. The van der Waals surface area contributed by atoms with Gasteiger partial charge in [0.2, 0.25) is 0 Å². The fraction of sp³-hybridized carbons (Fsp3) is 0. The maximum atomic E-state index is 13.3. The second kappa shape index (κ2) is 3.30. The molecule has 0 saturated heterocycles. The molecule has 4 heteroatoms. The van der Waals surface area contributed by atoms with Gasteiger partial charge in [-0.25, -0.2) is 4.39 Å². The number of hydrogen-bond donors (Lipinski definition) is 1. The summed E-state index contributed by atoms with van der Waals surface area (Å²) < 4.78 is 13.3. The first-order chi connectivity index (χ1) is 6.81. The minimum atomic E-state index is -0.333. The molecule has 0 amide bonds. The van der Waals surface area contributed by atoms with Crippen LogP contribution in [0.4, 0.5) is 4.39 Å². The molecule has 0 radical (unpaired) electrons. The van der Waals surface area contributed by atoms with Crippen LogP contribution >= 0.6 is 0 Å². The first kappa shape index (κ1) is 8.45. The second-order valence-corrected chi connectivity index (χ2v) is 2.76. The Morgan fingerprint density at radius 2 is 2.14 bits per heavy atom. The summed E-state index contributed by atoms with van der Waals surface area (Å²) >= 11 is 0. The Kier molecular flexibility index (Phi) is 1.99. The van der Waals surface area contributed by atoms with Crippen molar-refractivity contribution in [2.45, 2.75) is 0 Å². The molecule has 2 aromatic rings. The molecule has 1 N–H and O–H groups in total. The zero-order chi connectivity index (χ0) is 9.97. The third-order valence-electron chi connectivity index (χ3n) is 1.86. The fourth-order valence-electron chi connectivity index (χ4n) is 1.20. The highest BCUT2D eigenvalue weighted by atomic mass is 19.1. The van der Waals surface area contributed by atoms with Crippen LogP contribution in [0.1, 0.15) is 5.69 Å². The molecule has 0 aliphatic rings. The zero-order valence-corrected chi connectivity index (χ0v) is 7.16. The van der Waals surface area contributed by atoms with E-state index in [1.54, 1.807) is 18.2 Å². The molecule has 0 bridgehead atoms. The van der Waals surface area contributed by atoms with Crippen molar-refractivity contribution in [3.8, 4) is 17.3 Å². The normalized spacial score (nSPS) is 9.71. The summed E-state index contributed by atoms with van der Waals surface area (Å²) in [6.45, 7) is 0. The third kappa shape index (κ3) is 1.36. The molecule has 0 aliphatic heterocycles. The van der Waals surface area contributed by atoms with Gasteiger partial charge in [0.1, 0.15) is 11.9 Å². The van der Waals surface area contributed by atoms with Crippen molar-refractivity contribution in [2.24, 2.45) is 0 Å². The summed E-state index contributed by atoms with van der Waals surface area (Å²) in [5.41, 5.74) is 1.18. The first-order valence-corrected chi connectivity index (χ1v) is 4.01. The Bertz CT molecular complexity index is 496. The van der Waals surface area contributed by atoms with Gasteiger partial charge in [-0.15, -0.1) is 0 Å². The summed E-state index contributed by atoms with van der Waals surface area (Å²) in [7, 11) is 0. The van der Waals surface area contributed by atoms with Crippen LogP contribution in [0.15, 0.2) is 30.3 Å². The van der Waals surface area contributed by atoms with Crippen LogP contribution in [-0.2, 0) is 0 Å². The van der Waals surface area contributed by atoms with Gasteiger partial charge in [-0.3, -0.25) is 5.10 Å². The van der Waals surface area contributed by atoms with Crippen molar-refractivity contribution in [1.82, 2.24) is 10.2 Å². The van der Waals surface area contributed by atoms with E-state index >= 15 is 0 Å². The standard InChI is InChI=1S/C10H6FN3/c11-9-4-2-1-3-8(9)10-5-7(6-12)13-14-10/h1-5H,(H,13,14). The van der Waals surface area contributed by atoms with Crippen LogP contribution < -0.4 is 0 Å². The molecule has 3 nitrogen and oxygen atoms in total. The lowest BCUT2D eigenvalue weighted by Crippen LogP contribution is -1.82. The van der Waals surface area contributed by atoms with E-state index in [-0.39, 0.29) is 11.5 Å². The molecule has 14 heavy (non-hydrogen) atoms. The van der Waals surface area contributed by atoms with E-state index in [1.165, 1.54) is 12.1 Å². The van der Waals surface area contributed by atoms with Gasteiger partial charge in [0.05, 0.1) is 5.69 Å². The predicted molar refractivity (Wildman–Crippen MR) is 48.7 cm³/mol. The fourth-order valence-corrected chi connectivity index (χ4v) is 1.20. The Morgan fingerprint density at radius 3 is 2.79 bits per heavy atom. The van der Waals surface area contributed by atoms with Crippen molar-refractivity contribution >= 4 is 0 Å². The summed E-state index contributed by atoms with van der Waals surface area (Å²) in [5, 5.41) is 14.8. The molecule has 1 heterocycles. The van der Waals surface area contributed by atoms with E-state index in [1.807, 2.05) is 6.07 Å². The molecule has 2 rings (SSSR count). The summed E-state index contributed by atoms with van der Waals surface area (Å²) in [6, 6.07) is 9.72. The number of rotatable bonds is 1. The molecule has 1 aromatic heterocycles. The number of nitrogens with one attached hydrogen (secondary N) is 1. The van der Waals surface area contributed by atoms with Crippen LogP contribution in [0.25, 0.3) is 11.3 Å². The molecular formula is C10H6FN3. The second-order valence-electron chi connectivity index (χ2n) is 2.76. The Morgan fingerprint density at radius 1 is 1.36 bits per heavy atom. The highest BCUT2D eigenvalue weighted by Gasteiger charge is 2.06. The molecule has 0 unspecified atom stereocenters. The van der Waals surface area contributed by atoms with E-state index in [0.717, 1.165) is 0 Å². The molecule has 1 aromatic carbocycles. The van der Waals surface area contributed by atoms with Crippen molar-refractivity contribution in [1.29, 1.82) is 5.26 Å². The van der Waals surface area contributed by atoms with Crippen molar-refractivity contribution < 1.29 is 4.39 Å². The first-order valence-electron chi connectivity index (χ1n) is 4.01. The number of halogens is 1. The SMILES string of the molecule is N#Cc1cc(-c2ccccc2F)[nH]n1. The van der Waals surface area contributed by atoms with Crippen LogP contribution in [0.2, 0.25) is 0 Å². The lowest BCUT2D eigenvalue weighted by Gasteiger charge is -1.97. The van der Waals surface area contributed by atoms with Gasteiger partial charge in [-0.1, -0.05) is 12.1 Å². The van der Waals surface area contributed by atoms with Crippen LogP contribution in [0, 0.1) is 17.1 Å². The Labute approximate surface area is 79.8 Å². The monoisotopic (exact) mass is 187 g/mol. The van der Waals surface area contributed by atoms with Crippen molar-refractivity contribution in [3.05, 3.63) is 41.8 Å². The van der Waals surface area contributed by atoms with Gasteiger partial charge < -0.3 is 0 Å². The van der Waals surface area contributed by atoms with E-state index < -0.39 is 0 Å². The lowest BCUT2D eigenvalue weighted by atomic mass is 10.1. The van der Waals surface area contributed by atoms with Crippen LogP contribution in [0.5, 0.6) is 0 Å². The highest BCUT2D eigenvalue weighted by molar-refractivity contribution is 5.60. The summed E-state index contributed by atoms with van der Waals surface area (Å²) in [4.78, 5) is 0. The zero-order valence-electron chi connectivity index (χ0n) is 7.16. The van der Waals surface area contributed by atoms with Gasteiger partial charge >= 0.3 is 0 Å². The average Bonchev–Trinajstić information content (AvgIpc) is 2.67. The van der Waals surface area contributed by atoms with Gasteiger partial charge in [-0.05, 0) is 12.1 Å². The molecule has 0 atom stereocenters. The maximum absolute atomic E-state index is 13.3. The molecule has 68 valence electrons. The van der Waals surface area contributed by atoms with E-state index in [0.29, 0.717) is 11.3 Å². The van der Waals surface area contributed by atoms with Crippen molar-refractivity contribution in [3.63, 3.8) is 0 Å². The third-order valence-corrected chi connectivity index (χ3v) is 1.86. The molecule has 0 saturated carbocycles. The van der Waals surface area contributed by atoms with Gasteiger partial charge in [0, 0.05) is 11.6 Å². The molecular weight excluding hydrogens is 181 g/mol. The smallest absolute Gasteiger partial charge is 0.162 e. The molecule has 0 fully saturated rings. The van der Waals surface area contributed by atoms with Gasteiger partial charge in [0.15, 0.2) is 5.69 Å². The van der Waals surface area contributed by atoms with E-state index in [9.17, 15) is 4.39 Å². The van der Waals surface area contributed by atoms with Crippen LogP contribution in [-0.4, -0.2) is 10.2 Å². The van der Waals surface area contributed by atoms with Crippen LogP contribution in [0.3, 0.4) is 0 Å². The number of aromatic nitrogens is 2. The van der Waals surface area contributed by atoms with Crippen molar-refractivity contribution in [2.75, 3.05) is 0 Å².